The molecule has 1 aromatic carbocycles. The molecule has 2 rings (SSSR count). The molecule has 0 aromatic heterocycles. The smallest absolute Gasteiger partial charge is 0.0355 e. The Morgan fingerprint density at radius 2 is 2.00 bits per heavy atom. The van der Waals surface area contributed by atoms with Crippen LogP contribution in [0.25, 0.3) is 0 Å². The van der Waals surface area contributed by atoms with Crippen molar-refractivity contribution < 1.29 is 0 Å². The normalized spacial score (nSPS) is 18.6. The minimum absolute atomic E-state index is 0.508. The van der Waals surface area contributed by atoms with Crippen molar-refractivity contribution in [2.45, 2.75) is 46.0 Å². The van der Waals surface area contributed by atoms with Gasteiger partial charge in [-0.2, -0.15) is 0 Å². The summed E-state index contributed by atoms with van der Waals surface area (Å²) >= 11 is 0. The van der Waals surface area contributed by atoms with Gasteiger partial charge in [-0.1, -0.05) is 38.0 Å². The Bertz CT molecular complexity index is 386. The largest absolute Gasteiger partial charge is 0.305 e. The molecule has 1 saturated carbocycles. The number of rotatable bonds is 3. The molecule has 1 heteroatoms. The van der Waals surface area contributed by atoms with E-state index in [1.54, 1.807) is 0 Å². The van der Waals surface area contributed by atoms with E-state index in [0.717, 1.165) is 5.56 Å². The molecule has 1 nitrogen and oxygen atoms in total. The van der Waals surface area contributed by atoms with E-state index in [2.05, 4.69) is 25.1 Å². The highest BCUT2D eigenvalue weighted by Crippen LogP contribution is 2.40. The minimum atomic E-state index is 0.508. The fourth-order valence-electron chi connectivity index (χ4n) is 2.81. The first-order valence-electron chi connectivity index (χ1n) is 6.24. The van der Waals surface area contributed by atoms with Crippen LogP contribution in [0.1, 0.15) is 50.7 Å². The van der Waals surface area contributed by atoms with Gasteiger partial charge in [0, 0.05) is 5.71 Å². The van der Waals surface area contributed by atoms with Gasteiger partial charge in [-0.25, -0.2) is 0 Å². The molecule has 1 aromatic rings. The lowest BCUT2D eigenvalue weighted by molar-refractivity contribution is 0.334. The first kappa shape index (κ1) is 11.4. The van der Waals surface area contributed by atoms with Crippen molar-refractivity contribution in [3.63, 3.8) is 0 Å². The molecule has 1 fully saturated rings. The van der Waals surface area contributed by atoms with Crippen LogP contribution >= 0.6 is 0 Å². The Morgan fingerprint density at radius 1 is 1.31 bits per heavy atom. The first-order valence-corrected chi connectivity index (χ1v) is 6.24. The Kier molecular flexibility index (Phi) is 3.13. The first-order chi connectivity index (χ1) is 7.59. The second-order valence-corrected chi connectivity index (χ2v) is 5.52. The van der Waals surface area contributed by atoms with E-state index in [-0.39, 0.29) is 0 Å². The van der Waals surface area contributed by atoms with Gasteiger partial charge in [0.25, 0.3) is 0 Å². The van der Waals surface area contributed by atoms with Crippen LogP contribution in [0, 0.1) is 10.8 Å². The number of hydrogen-bond acceptors (Lipinski definition) is 1. The predicted octanol–water partition coefficient (Wildman–Crippen LogP) is 4.20. The maximum Gasteiger partial charge on any atom is 0.0355 e. The summed E-state index contributed by atoms with van der Waals surface area (Å²) < 4.78 is 0. The average Bonchev–Trinajstić information content (AvgIpc) is 2.65. The van der Waals surface area contributed by atoms with Crippen molar-refractivity contribution in [2.24, 2.45) is 5.41 Å². The SMILES string of the molecule is CC(=N)c1cccc(CC2(C)CCCC2)c1. The summed E-state index contributed by atoms with van der Waals surface area (Å²) in [6, 6.07) is 8.51. The van der Waals surface area contributed by atoms with Crippen LogP contribution < -0.4 is 0 Å². The fraction of sp³-hybridized carbons (Fsp3) is 0.533. The molecule has 0 saturated heterocycles. The third-order valence-corrected chi connectivity index (χ3v) is 3.80. The fourth-order valence-corrected chi connectivity index (χ4v) is 2.81. The van der Waals surface area contributed by atoms with Crippen molar-refractivity contribution in [3.8, 4) is 0 Å². The molecule has 1 N–H and O–H groups in total. The summed E-state index contributed by atoms with van der Waals surface area (Å²) in [6.07, 6.45) is 6.68. The zero-order chi connectivity index (χ0) is 11.6. The van der Waals surface area contributed by atoms with E-state index in [4.69, 9.17) is 5.41 Å². The summed E-state index contributed by atoms with van der Waals surface area (Å²) in [5.74, 6) is 0. The summed E-state index contributed by atoms with van der Waals surface area (Å²) in [5.41, 5.74) is 3.64. The lowest BCUT2D eigenvalue weighted by Crippen LogP contribution is -2.14. The van der Waals surface area contributed by atoms with E-state index in [0.29, 0.717) is 11.1 Å². The highest BCUT2D eigenvalue weighted by molar-refractivity contribution is 5.96. The molecule has 0 spiro atoms. The molecule has 0 unspecified atom stereocenters. The van der Waals surface area contributed by atoms with Gasteiger partial charge in [0.15, 0.2) is 0 Å². The van der Waals surface area contributed by atoms with Gasteiger partial charge in [0.2, 0.25) is 0 Å². The van der Waals surface area contributed by atoms with Gasteiger partial charge >= 0.3 is 0 Å². The third-order valence-electron chi connectivity index (χ3n) is 3.80. The average molecular weight is 215 g/mol. The monoisotopic (exact) mass is 215 g/mol. The van der Waals surface area contributed by atoms with Crippen LogP contribution in [0.3, 0.4) is 0 Å². The molecular weight excluding hydrogens is 194 g/mol. The van der Waals surface area contributed by atoms with E-state index in [1.807, 2.05) is 13.0 Å². The second kappa shape index (κ2) is 4.40. The summed E-state index contributed by atoms with van der Waals surface area (Å²) in [6.45, 7) is 4.26. The van der Waals surface area contributed by atoms with E-state index in [9.17, 15) is 0 Å². The molecule has 0 heterocycles. The van der Waals surface area contributed by atoms with Gasteiger partial charge in [-0.15, -0.1) is 0 Å². The van der Waals surface area contributed by atoms with Crippen molar-refractivity contribution in [3.05, 3.63) is 35.4 Å². The lowest BCUT2D eigenvalue weighted by atomic mass is 9.82. The highest BCUT2D eigenvalue weighted by Gasteiger charge is 2.28. The second-order valence-electron chi connectivity index (χ2n) is 5.52. The highest BCUT2D eigenvalue weighted by atomic mass is 14.4. The molecular formula is C15H21N. The van der Waals surface area contributed by atoms with Crippen LogP contribution in [-0.4, -0.2) is 5.71 Å². The van der Waals surface area contributed by atoms with Crippen LogP contribution in [-0.2, 0) is 6.42 Å². The quantitative estimate of drug-likeness (QED) is 0.731. The van der Waals surface area contributed by atoms with E-state index >= 15 is 0 Å². The zero-order valence-electron chi connectivity index (χ0n) is 10.3. The third kappa shape index (κ3) is 2.52. The predicted molar refractivity (Wildman–Crippen MR) is 69.2 cm³/mol. The molecule has 0 radical (unpaired) electrons. The molecule has 86 valence electrons. The van der Waals surface area contributed by atoms with Gasteiger partial charge < -0.3 is 5.41 Å². The number of benzene rings is 1. The zero-order valence-corrected chi connectivity index (χ0v) is 10.3. The molecule has 1 aliphatic carbocycles. The van der Waals surface area contributed by atoms with E-state index in [1.165, 1.54) is 37.7 Å². The Labute approximate surface area is 98.4 Å². The van der Waals surface area contributed by atoms with Crippen LogP contribution in [0.2, 0.25) is 0 Å². The minimum Gasteiger partial charge on any atom is -0.305 e. The molecule has 0 aliphatic heterocycles. The molecule has 0 atom stereocenters. The van der Waals surface area contributed by atoms with Crippen molar-refractivity contribution in [1.82, 2.24) is 0 Å². The maximum atomic E-state index is 7.67. The van der Waals surface area contributed by atoms with Gasteiger partial charge in [-0.05, 0) is 48.8 Å². The van der Waals surface area contributed by atoms with Crippen LogP contribution in [0.4, 0.5) is 0 Å². The Morgan fingerprint density at radius 3 is 2.62 bits per heavy atom. The number of hydrogen-bond donors (Lipinski definition) is 1. The molecule has 0 bridgehead atoms. The van der Waals surface area contributed by atoms with E-state index < -0.39 is 0 Å². The summed E-state index contributed by atoms with van der Waals surface area (Å²) in [5, 5.41) is 7.67. The number of nitrogens with one attached hydrogen (secondary N) is 1. The standard InChI is InChI=1S/C15H21N/c1-12(16)14-7-5-6-13(10-14)11-15(2)8-3-4-9-15/h5-7,10,16H,3-4,8-9,11H2,1-2H3. The van der Waals surface area contributed by atoms with Crippen molar-refractivity contribution in [2.75, 3.05) is 0 Å². The van der Waals surface area contributed by atoms with Gasteiger partial charge in [0.1, 0.15) is 0 Å². The molecule has 0 amide bonds. The topological polar surface area (TPSA) is 23.9 Å². The maximum absolute atomic E-state index is 7.67. The van der Waals surface area contributed by atoms with Crippen molar-refractivity contribution in [1.29, 1.82) is 5.41 Å². The molecule has 1 aliphatic rings. The Balaban J connectivity index is 2.15. The lowest BCUT2D eigenvalue weighted by Gasteiger charge is -2.23. The summed E-state index contributed by atoms with van der Waals surface area (Å²) in [4.78, 5) is 0. The Hall–Kier alpha value is -1.11. The van der Waals surface area contributed by atoms with Crippen LogP contribution in [0.15, 0.2) is 24.3 Å². The molecule has 16 heavy (non-hydrogen) atoms. The van der Waals surface area contributed by atoms with Gasteiger partial charge in [-0.3, -0.25) is 0 Å². The summed E-state index contributed by atoms with van der Waals surface area (Å²) in [7, 11) is 0. The van der Waals surface area contributed by atoms with Crippen molar-refractivity contribution >= 4 is 5.71 Å². The van der Waals surface area contributed by atoms with Crippen LogP contribution in [0.5, 0.6) is 0 Å². The van der Waals surface area contributed by atoms with Gasteiger partial charge in [0.05, 0.1) is 0 Å².